The van der Waals surface area contributed by atoms with E-state index in [2.05, 4.69) is 34.5 Å². The number of para-hydroxylation sites is 2. The number of ketones is 1. The van der Waals surface area contributed by atoms with Crippen molar-refractivity contribution in [3.05, 3.63) is 60.3 Å². The monoisotopic (exact) mass is 396 g/mol. The molecule has 0 bridgehead atoms. The molecule has 0 saturated heterocycles. The Hall–Kier alpha value is -3.65. The quantitative estimate of drug-likeness (QED) is 0.344. The van der Waals surface area contributed by atoms with Crippen LogP contribution in [0.3, 0.4) is 0 Å². The number of rotatable bonds is 7. The van der Waals surface area contributed by atoms with Crippen LogP contribution in [0.15, 0.2) is 54.7 Å². The lowest BCUT2D eigenvalue weighted by Crippen LogP contribution is -2.11. The fourth-order valence-corrected chi connectivity index (χ4v) is 3.46. The Morgan fingerprint density at radius 1 is 1.17 bits per heavy atom. The first-order valence-corrected chi connectivity index (χ1v) is 10.2. The van der Waals surface area contributed by atoms with Crippen LogP contribution >= 0.6 is 0 Å². The van der Waals surface area contributed by atoms with Gasteiger partial charge in [-0.2, -0.15) is 0 Å². The Kier molecular flexibility index (Phi) is 5.49. The fraction of sp³-hybridized carbons (Fsp3) is 0.240. The van der Waals surface area contributed by atoms with Crippen LogP contribution in [0.1, 0.15) is 37.0 Å². The topological polar surface area (TPSA) is 59.3 Å². The number of fused-ring (bicyclic) bond motifs is 3. The first-order valence-electron chi connectivity index (χ1n) is 10.2. The number of Topliss-reactive ketones (excluding diaryl/α,β-unsaturated/α-hetero) is 1. The molecule has 0 atom stereocenters. The van der Waals surface area contributed by atoms with Gasteiger partial charge >= 0.3 is 0 Å². The van der Waals surface area contributed by atoms with E-state index in [-0.39, 0.29) is 5.78 Å². The van der Waals surface area contributed by atoms with Crippen molar-refractivity contribution in [2.45, 2.75) is 26.7 Å². The third-order valence-corrected chi connectivity index (χ3v) is 5.01. The van der Waals surface area contributed by atoms with Crippen molar-refractivity contribution in [2.24, 2.45) is 5.92 Å². The van der Waals surface area contributed by atoms with E-state index < -0.39 is 0 Å². The number of hydrogen-bond acceptors (Lipinski definition) is 4. The summed E-state index contributed by atoms with van der Waals surface area (Å²) in [6, 6.07) is 15.7. The number of nitrogens with zero attached hydrogens (tertiary/aromatic N) is 3. The fourth-order valence-electron chi connectivity index (χ4n) is 3.46. The van der Waals surface area contributed by atoms with Crippen LogP contribution in [-0.2, 0) is 0 Å². The summed E-state index contributed by atoms with van der Waals surface area (Å²) in [4.78, 5) is 21.7. The Morgan fingerprint density at radius 3 is 2.67 bits per heavy atom. The van der Waals surface area contributed by atoms with Crippen LogP contribution in [0.25, 0.3) is 27.9 Å². The number of carbonyl (C=O) groups is 1. The summed E-state index contributed by atoms with van der Waals surface area (Å²) < 4.78 is 2.13. The van der Waals surface area contributed by atoms with Gasteiger partial charge in [-0.1, -0.05) is 50.2 Å². The molecule has 0 radical (unpaired) electrons. The van der Waals surface area contributed by atoms with E-state index in [9.17, 15) is 4.79 Å². The highest BCUT2D eigenvalue weighted by atomic mass is 16.1. The number of terminal acetylenes is 1. The van der Waals surface area contributed by atoms with Crippen LogP contribution in [0.2, 0.25) is 0 Å². The zero-order valence-corrected chi connectivity index (χ0v) is 17.2. The molecular formula is C25H24N4O. The second-order valence-corrected chi connectivity index (χ2v) is 7.73. The number of aromatic nitrogens is 3. The van der Waals surface area contributed by atoms with Gasteiger partial charge in [-0.15, -0.1) is 12.3 Å². The summed E-state index contributed by atoms with van der Waals surface area (Å²) in [6.07, 6.45) is 7.95. The zero-order valence-electron chi connectivity index (χ0n) is 17.2. The Bertz CT molecular complexity index is 1250. The highest BCUT2D eigenvalue weighted by Gasteiger charge is 2.15. The summed E-state index contributed by atoms with van der Waals surface area (Å²) in [5.74, 6) is 3.85. The van der Waals surface area contributed by atoms with E-state index in [0.29, 0.717) is 24.3 Å². The summed E-state index contributed by atoms with van der Waals surface area (Å²) >= 11 is 0. The summed E-state index contributed by atoms with van der Waals surface area (Å²) in [7, 11) is 0. The smallest absolute Gasteiger partial charge is 0.181 e. The second-order valence-electron chi connectivity index (χ2n) is 7.73. The maximum atomic E-state index is 12.2. The third-order valence-electron chi connectivity index (χ3n) is 5.01. The first kappa shape index (κ1) is 19.7. The molecule has 2 heterocycles. The van der Waals surface area contributed by atoms with Gasteiger partial charge in [0.2, 0.25) is 0 Å². The Labute approximate surface area is 176 Å². The Balaban J connectivity index is 1.80. The van der Waals surface area contributed by atoms with E-state index in [0.717, 1.165) is 40.3 Å². The molecule has 4 aromatic rings. The van der Waals surface area contributed by atoms with Crippen molar-refractivity contribution in [1.29, 1.82) is 0 Å². The average Bonchev–Trinajstić information content (AvgIpc) is 3.21. The van der Waals surface area contributed by atoms with Crippen molar-refractivity contribution in [3.63, 3.8) is 0 Å². The molecule has 5 heteroatoms. The summed E-state index contributed by atoms with van der Waals surface area (Å²) in [5, 5.41) is 3.43. The van der Waals surface area contributed by atoms with Crippen molar-refractivity contribution >= 4 is 28.3 Å². The molecule has 30 heavy (non-hydrogen) atoms. The largest absolute Gasteiger partial charge is 0.367 e. The Morgan fingerprint density at radius 2 is 1.93 bits per heavy atom. The van der Waals surface area contributed by atoms with Crippen LogP contribution in [0.5, 0.6) is 0 Å². The number of hydrogen-bond donors (Lipinski definition) is 1. The molecule has 150 valence electrons. The molecule has 0 amide bonds. The van der Waals surface area contributed by atoms with Crippen LogP contribution in [0.4, 0.5) is 5.82 Å². The maximum absolute atomic E-state index is 12.2. The van der Waals surface area contributed by atoms with Gasteiger partial charge in [-0.25, -0.2) is 9.97 Å². The molecular weight excluding hydrogens is 372 g/mol. The molecule has 5 nitrogen and oxygen atoms in total. The van der Waals surface area contributed by atoms with Gasteiger partial charge in [-0.05, 0) is 18.1 Å². The number of nitrogens with one attached hydrogen (secondary N) is 1. The van der Waals surface area contributed by atoms with Crippen LogP contribution in [-0.4, -0.2) is 26.7 Å². The molecule has 0 fully saturated rings. The number of imidazole rings is 1. The van der Waals surface area contributed by atoms with Crippen molar-refractivity contribution in [3.8, 4) is 23.6 Å². The second kappa shape index (κ2) is 8.38. The van der Waals surface area contributed by atoms with E-state index >= 15 is 0 Å². The van der Waals surface area contributed by atoms with Crippen LogP contribution in [0, 0.1) is 18.3 Å². The van der Waals surface area contributed by atoms with E-state index in [4.69, 9.17) is 11.4 Å². The molecule has 0 aliphatic carbocycles. The molecule has 2 aromatic carbocycles. The SMILES string of the molecule is C#CCCC(=O)c1ccc(-c2cnc3c(NCC(C)C)nc4ccccc4n23)cc1. The summed E-state index contributed by atoms with van der Waals surface area (Å²) in [5.41, 5.74) is 5.30. The van der Waals surface area contributed by atoms with Gasteiger partial charge in [0.15, 0.2) is 17.2 Å². The van der Waals surface area contributed by atoms with Gasteiger partial charge in [0.1, 0.15) is 0 Å². The first-order chi connectivity index (χ1) is 14.6. The molecule has 0 aliphatic rings. The van der Waals surface area contributed by atoms with E-state index in [1.165, 1.54) is 0 Å². The summed E-state index contributed by atoms with van der Waals surface area (Å²) in [6.45, 7) is 5.14. The molecule has 2 aromatic heterocycles. The molecule has 4 rings (SSSR count). The number of anilines is 1. The lowest BCUT2D eigenvalue weighted by Gasteiger charge is -2.12. The van der Waals surface area contributed by atoms with Gasteiger partial charge in [-0.3, -0.25) is 9.20 Å². The van der Waals surface area contributed by atoms with E-state index in [1.54, 1.807) is 0 Å². The number of carbonyl (C=O) groups excluding carboxylic acids is 1. The van der Waals surface area contributed by atoms with Gasteiger partial charge in [0.25, 0.3) is 0 Å². The maximum Gasteiger partial charge on any atom is 0.181 e. The number of benzene rings is 2. The lowest BCUT2D eigenvalue weighted by atomic mass is 10.0. The van der Waals surface area contributed by atoms with Gasteiger partial charge < -0.3 is 5.32 Å². The van der Waals surface area contributed by atoms with Crippen molar-refractivity contribution < 1.29 is 4.79 Å². The third kappa shape index (κ3) is 3.77. The molecule has 1 N–H and O–H groups in total. The minimum Gasteiger partial charge on any atom is -0.367 e. The molecule has 0 unspecified atom stereocenters. The minimum absolute atomic E-state index is 0.0625. The zero-order chi connectivity index (χ0) is 21.1. The highest BCUT2D eigenvalue weighted by molar-refractivity contribution is 5.96. The molecule has 0 spiro atoms. The molecule has 0 saturated carbocycles. The van der Waals surface area contributed by atoms with Crippen molar-refractivity contribution in [1.82, 2.24) is 14.4 Å². The highest BCUT2D eigenvalue weighted by Crippen LogP contribution is 2.29. The van der Waals surface area contributed by atoms with Gasteiger partial charge in [0.05, 0.1) is 22.9 Å². The van der Waals surface area contributed by atoms with E-state index in [1.807, 2.05) is 54.7 Å². The predicted octanol–water partition coefficient (Wildman–Crippen LogP) is 5.21. The predicted molar refractivity (Wildman–Crippen MR) is 122 cm³/mol. The normalized spacial score (nSPS) is 11.1. The molecule has 0 aliphatic heterocycles. The van der Waals surface area contributed by atoms with Crippen molar-refractivity contribution in [2.75, 3.05) is 11.9 Å². The minimum atomic E-state index is 0.0625. The lowest BCUT2D eigenvalue weighted by molar-refractivity contribution is 0.0984. The van der Waals surface area contributed by atoms with Crippen LogP contribution < -0.4 is 5.32 Å². The van der Waals surface area contributed by atoms with Gasteiger partial charge in [0, 0.05) is 30.5 Å². The standard InChI is InChI=1S/C25H24N4O/c1-4-5-10-23(30)19-13-11-18(12-14-19)22-16-27-25-24(26-15-17(2)3)28-20-8-6-7-9-21(20)29(22)25/h1,6-9,11-14,16-17H,5,10,15H2,2-3H3,(H,26,28). The average molecular weight is 396 g/mol.